The fourth-order valence-electron chi connectivity index (χ4n) is 3.49. The number of benzene rings is 1. The molecule has 1 aromatic carbocycles. The molecule has 0 aromatic heterocycles. The van der Waals surface area contributed by atoms with Crippen molar-refractivity contribution in [3.05, 3.63) is 35.9 Å². The van der Waals surface area contributed by atoms with Crippen LogP contribution in [0.2, 0.25) is 0 Å². The molecule has 1 aliphatic carbocycles. The van der Waals surface area contributed by atoms with Gasteiger partial charge in [-0.25, -0.2) is 0 Å². The van der Waals surface area contributed by atoms with Gasteiger partial charge in [0.15, 0.2) is 0 Å². The van der Waals surface area contributed by atoms with Gasteiger partial charge in [0.05, 0.1) is 5.60 Å². The SMILES string of the molecule is COC1(CNC2CCN(CCc3ccccc3)C2)CCC1. The van der Waals surface area contributed by atoms with Crippen molar-refractivity contribution >= 4 is 0 Å². The molecule has 0 radical (unpaired) electrons. The van der Waals surface area contributed by atoms with Crippen LogP contribution in [0, 0.1) is 0 Å². The van der Waals surface area contributed by atoms with Gasteiger partial charge in [0, 0.05) is 32.8 Å². The number of hydrogen-bond donors (Lipinski definition) is 1. The van der Waals surface area contributed by atoms with Crippen LogP contribution in [0.25, 0.3) is 0 Å². The van der Waals surface area contributed by atoms with Crippen LogP contribution in [0.15, 0.2) is 30.3 Å². The van der Waals surface area contributed by atoms with Crippen LogP contribution < -0.4 is 5.32 Å². The number of nitrogens with zero attached hydrogens (tertiary/aromatic N) is 1. The molecule has 3 nitrogen and oxygen atoms in total. The average Bonchev–Trinajstić information content (AvgIpc) is 2.94. The molecule has 21 heavy (non-hydrogen) atoms. The van der Waals surface area contributed by atoms with Gasteiger partial charge in [0.2, 0.25) is 0 Å². The fraction of sp³-hybridized carbons (Fsp3) is 0.667. The Bertz CT molecular complexity index is 425. The Balaban J connectivity index is 1.37. The zero-order valence-corrected chi connectivity index (χ0v) is 13.2. The second-order valence-electron chi connectivity index (χ2n) is 6.64. The van der Waals surface area contributed by atoms with Gasteiger partial charge in [-0.1, -0.05) is 30.3 Å². The standard InChI is InChI=1S/C18H28N2O/c1-21-18(10-5-11-18)15-19-17-9-13-20(14-17)12-8-16-6-3-2-4-7-16/h2-4,6-7,17,19H,5,8-15H2,1H3. The molecule has 2 aliphatic rings. The number of methoxy groups -OCH3 is 1. The molecule has 1 aliphatic heterocycles. The number of likely N-dealkylation sites (tertiary alicyclic amines) is 1. The van der Waals surface area contributed by atoms with Gasteiger partial charge in [0.1, 0.15) is 0 Å². The molecule has 1 saturated heterocycles. The lowest BCUT2D eigenvalue weighted by molar-refractivity contribution is -0.0706. The van der Waals surface area contributed by atoms with E-state index in [1.165, 1.54) is 50.9 Å². The third kappa shape index (κ3) is 3.85. The van der Waals surface area contributed by atoms with E-state index in [4.69, 9.17) is 4.74 Å². The summed E-state index contributed by atoms with van der Waals surface area (Å²) >= 11 is 0. The van der Waals surface area contributed by atoms with Gasteiger partial charge in [0.25, 0.3) is 0 Å². The predicted octanol–water partition coefficient (Wildman–Crippen LogP) is 2.46. The highest BCUT2D eigenvalue weighted by atomic mass is 16.5. The van der Waals surface area contributed by atoms with Crippen LogP contribution in [-0.2, 0) is 11.2 Å². The maximum Gasteiger partial charge on any atom is 0.0802 e. The maximum atomic E-state index is 5.69. The summed E-state index contributed by atoms with van der Waals surface area (Å²) in [4.78, 5) is 2.59. The van der Waals surface area contributed by atoms with Crippen LogP contribution >= 0.6 is 0 Å². The molecule has 0 bridgehead atoms. The first-order valence-corrected chi connectivity index (χ1v) is 8.34. The van der Waals surface area contributed by atoms with Crippen LogP contribution in [0.3, 0.4) is 0 Å². The van der Waals surface area contributed by atoms with Crippen LogP contribution in [-0.4, -0.2) is 49.8 Å². The minimum atomic E-state index is 0.150. The molecular formula is C18H28N2O. The van der Waals surface area contributed by atoms with Crippen molar-refractivity contribution in [3.8, 4) is 0 Å². The summed E-state index contributed by atoms with van der Waals surface area (Å²) < 4.78 is 5.69. The third-order valence-corrected chi connectivity index (χ3v) is 5.24. The predicted molar refractivity (Wildman–Crippen MR) is 86.6 cm³/mol. The van der Waals surface area contributed by atoms with Gasteiger partial charge in [-0.05, 0) is 44.2 Å². The Kier molecular flexibility index (Phi) is 4.94. The molecule has 1 heterocycles. The van der Waals surface area contributed by atoms with Crippen LogP contribution in [0.1, 0.15) is 31.2 Å². The number of hydrogen-bond acceptors (Lipinski definition) is 3. The third-order valence-electron chi connectivity index (χ3n) is 5.24. The summed E-state index contributed by atoms with van der Waals surface area (Å²) in [6, 6.07) is 11.5. The molecule has 116 valence electrons. The van der Waals surface area contributed by atoms with Gasteiger partial charge in [-0.2, -0.15) is 0 Å². The number of ether oxygens (including phenoxy) is 1. The summed E-state index contributed by atoms with van der Waals surface area (Å²) in [5.74, 6) is 0. The largest absolute Gasteiger partial charge is 0.377 e. The minimum absolute atomic E-state index is 0.150. The summed E-state index contributed by atoms with van der Waals surface area (Å²) in [5, 5.41) is 3.74. The Morgan fingerprint density at radius 1 is 1.29 bits per heavy atom. The highest BCUT2D eigenvalue weighted by Gasteiger charge is 2.37. The zero-order chi connectivity index (χ0) is 14.5. The number of rotatable bonds is 7. The minimum Gasteiger partial charge on any atom is -0.377 e. The lowest BCUT2D eigenvalue weighted by Gasteiger charge is -2.41. The summed E-state index contributed by atoms with van der Waals surface area (Å²) in [7, 11) is 1.86. The second-order valence-corrected chi connectivity index (χ2v) is 6.64. The van der Waals surface area contributed by atoms with Crippen LogP contribution in [0.4, 0.5) is 0 Å². The van der Waals surface area contributed by atoms with E-state index in [9.17, 15) is 0 Å². The highest BCUT2D eigenvalue weighted by molar-refractivity contribution is 5.14. The highest BCUT2D eigenvalue weighted by Crippen LogP contribution is 2.34. The van der Waals surface area contributed by atoms with Gasteiger partial charge in [-0.3, -0.25) is 0 Å². The average molecular weight is 288 g/mol. The second kappa shape index (κ2) is 6.91. The Morgan fingerprint density at radius 2 is 2.10 bits per heavy atom. The van der Waals surface area contributed by atoms with E-state index >= 15 is 0 Å². The van der Waals surface area contributed by atoms with Crippen molar-refractivity contribution in [2.45, 2.75) is 43.7 Å². The number of nitrogens with one attached hydrogen (secondary N) is 1. The molecule has 0 spiro atoms. The molecule has 1 atom stereocenters. The Labute approximate surface area is 128 Å². The van der Waals surface area contributed by atoms with E-state index in [1.54, 1.807) is 0 Å². The van der Waals surface area contributed by atoms with E-state index in [2.05, 4.69) is 40.5 Å². The molecule has 0 amide bonds. The molecule has 2 fully saturated rings. The van der Waals surface area contributed by atoms with E-state index in [0.29, 0.717) is 6.04 Å². The van der Waals surface area contributed by atoms with Crippen molar-refractivity contribution < 1.29 is 4.74 Å². The normalized spacial score (nSPS) is 24.9. The zero-order valence-electron chi connectivity index (χ0n) is 13.2. The first kappa shape index (κ1) is 15.0. The Morgan fingerprint density at radius 3 is 2.76 bits per heavy atom. The molecule has 1 saturated carbocycles. The van der Waals surface area contributed by atoms with Gasteiger partial charge in [-0.15, -0.1) is 0 Å². The maximum absolute atomic E-state index is 5.69. The molecule has 1 aromatic rings. The molecular weight excluding hydrogens is 260 g/mol. The van der Waals surface area contributed by atoms with Gasteiger partial charge < -0.3 is 15.0 Å². The van der Waals surface area contributed by atoms with Gasteiger partial charge >= 0.3 is 0 Å². The first-order chi connectivity index (χ1) is 10.3. The van der Waals surface area contributed by atoms with Crippen LogP contribution in [0.5, 0.6) is 0 Å². The lowest BCUT2D eigenvalue weighted by Crippen LogP contribution is -2.50. The van der Waals surface area contributed by atoms with Crippen molar-refractivity contribution in [1.29, 1.82) is 0 Å². The molecule has 1 unspecified atom stereocenters. The molecule has 3 heteroatoms. The summed E-state index contributed by atoms with van der Waals surface area (Å²) in [5.41, 5.74) is 1.60. The monoisotopic (exact) mass is 288 g/mol. The van der Waals surface area contributed by atoms with Crippen molar-refractivity contribution in [3.63, 3.8) is 0 Å². The van der Waals surface area contributed by atoms with Crippen molar-refractivity contribution in [1.82, 2.24) is 10.2 Å². The van der Waals surface area contributed by atoms with E-state index in [0.717, 1.165) is 13.0 Å². The molecule has 1 N–H and O–H groups in total. The van der Waals surface area contributed by atoms with Crippen molar-refractivity contribution in [2.75, 3.05) is 33.3 Å². The summed E-state index contributed by atoms with van der Waals surface area (Å²) in [6.45, 7) is 4.62. The van der Waals surface area contributed by atoms with Crippen molar-refractivity contribution in [2.24, 2.45) is 0 Å². The first-order valence-electron chi connectivity index (χ1n) is 8.34. The lowest BCUT2D eigenvalue weighted by atomic mass is 9.80. The van der Waals surface area contributed by atoms with E-state index in [1.807, 2.05) is 7.11 Å². The fourth-order valence-corrected chi connectivity index (χ4v) is 3.49. The topological polar surface area (TPSA) is 24.5 Å². The summed E-state index contributed by atoms with van der Waals surface area (Å²) in [6.07, 6.45) is 6.20. The molecule has 3 rings (SSSR count). The Hall–Kier alpha value is -0.900. The van der Waals surface area contributed by atoms with E-state index in [-0.39, 0.29) is 5.60 Å². The van der Waals surface area contributed by atoms with E-state index < -0.39 is 0 Å². The quantitative estimate of drug-likeness (QED) is 0.834. The smallest absolute Gasteiger partial charge is 0.0802 e.